The van der Waals surface area contributed by atoms with E-state index in [1.165, 1.54) is 38.9 Å². The van der Waals surface area contributed by atoms with Crippen LogP contribution in [0.3, 0.4) is 0 Å². The molecule has 1 saturated heterocycles. The lowest BCUT2D eigenvalue weighted by atomic mass is 10.1. The predicted molar refractivity (Wildman–Crippen MR) is 63.1 cm³/mol. The van der Waals surface area contributed by atoms with E-state index in [1.807, 2.05) is 0 Å². The summed E-state index contributed by atoms with van der Waals surface area (Å²) in [5.41, 5.74) is 0. The van der Waals surface area contributed by atoms with Crippen molar-refractivity contribution in [3.05, 3.63) is 0 Å². The lowest BCUT2D eigenvalue weighted by Gasteiger charge is -2.38. The maximum Gasteiger partial charge on any atom is 0.0195 e. The van der Waals surface area contributed by atoms with Crippen LogP contribution in [0.5, 0.6) is 0 Å². The molecule has 0 aromatic heterocycles. The Labute approximate surface area is 93.8 Å². The molecule has 1 aliphatic carbocycles. The highest BCUT2D eigenvalue weighted by Crippen LogP contribution is 2.34. The van der Waals surface area contributed by atoms with Crippen LogP contribution >= 0.6 is 12.4 Å². The van der Waals surface area contributed by atoms with Gasteiger partial charge in [0.1, 0.15) is 0 Å². The summed E-state index contributed by atoms with van der Waals surface area (Å²) >= 11 is 0. The molecule has 14 heavy (non-hydrogen) atoms. The van der Waals surface area contributed by atoms with E-state index in [2.05, 4.69) is 24.1 Å². The summed E-state index contributed by atoms with van der Waals surface area (Å²) in [4.78, 5) is 2.68. The van der Waals surface area contributed by atoms with E-state index in [9.17, 15) is 0 Å². The monoisotopic (exact) mass is 218 g/mol. The molecule has 0 aromatic carbocycles. The van der Waals surface area contributed by atoms with E-state index in [0.717, 1.165) is 18.0 Å². The van der Waals surface area contributed by atoms with Crippen molar-refractivity contribution in [2.45, 2.75) is 45.2 Å². The fourth-order valence-electron chi connectivity index (χ4n) is 2.48. The Bertz CT molecular complexity index is 171. The Hall–Kier alpha value is 0.210. The van der Waals surface area contributed by atoms with Gasteiger partial charge in [-0.3, -0.25) is 4.90 Å². The fraction of sp³-hybridized carbons (Fsp3) is 1.00. The second kappa shape index (κ2) is 5.34. The van der Waals surface area contributed by atoms with Crippen molar-refractivity contribution in [2.24, 2.45) is 5.92 Å². The van der Waals surface area contributed by atoms with Gasteiger partial charge in [-0.25, -0.2) is 0 Å². The zero-order valence-corrected chi connectivity index (χ0v) is 10.1. The van der Waals surface area contributed by atoms with E-state index in [1.54, 1.807) is 0 Å². The number of nitrogens with zero attached hydrogens (tertiary/aromatic N) is 1. The normalized spacial score (nSPS) is 30.9. The van der Waals surface area contributed by atoms with Crippen LogP contribution in [0.1, 0.15) is 33.1 Å². The number of nitrogens with one attached hydrogen (secondary N) is 1. The van der Waals surface area contributed by atoms with Crippen molar-refractivity contribution in [3.63, 3.8) is 0 Å². The molecule has 1 unspecified atom stereocenters. The molecule has 1 aliphatic heterocycles. The molecule has 0 spiro atoms. The van der Waals surface area contributed by atoms with E-state index < -0.39 is 0 Å². The van der Waals surface area contributed by atoms with Crippen molar-refractivity contribution in [3.8, 4) is 0 Å². The molecule has 2 atom stereocenters. The Balaban J connectivity index is 0.000000980. The summed E-state index contributed by atoms with van der Waals surface area (Å²) < 4.78 is 0. The van der Waals surface area contributed by atoms with Gasteiger partial charge in [0.25, 0.3) is 0 Å². The quantitative estimate of drug-likeness (QED) is 0.779. The summed E-state index contributed by atoms with van der Waals surface area (Å²) in [5, 5.41) is 3.45. The molecule has 1 N–H and O–H groups in total. The summed E-state index contributed by atoms with van der Waals surface area (Å²) in [6, 6.07) is 1.55. The summed E-state index contributed by atoms with van der Waals surface area (Å²) in [7, 11) is 0. The number of halogens is 1. The minimum Gasteiger partial charge on any atom is -0.314 e. The molecule has 0 bridgehead atoms. The Morgan fingerprint density at radius 3 is 2.71 bits per heavy atom. The molecule has 3 heteroatoms. The largest absolute Gasteiger partial charge is 0.314 e. The van der Waals surface area contributed by atoms with Crippen LogP contribution in [0, 0.1) is 5.92 Å². The lowest BCUT2D eigenvalue weighted by Crippen LogP contribution is -2.53. The van der Waals surface area contributed by atoms with Gasteiger partial charge in [-0.05, 0) is 26.2 Å². The molecule has 2 nitrogen and oxygen atoms in total. The van der Waals surface area contributed by atoms with Crippen LogP contribution in [0.25, 0.3) is 0 Å². The van der Waals surface area contributed by atoms with Gasteiger partial charge >= 0.3 is 0 Å². The third-order valence-corrected chi connectivity index (χ3v) is 3.49. The van der Waals surface area contributed by atoms with Gasteiger partial charge in [0, 0.05) is 31.7 Å². The first-order valence-corrected chi connectivity index (χ1v) is 5.74. The number of hydrogen-bond acceptors (Lipinski definition) is 2. The van der Waals surface area contributed by atoms with Gasteiger partial charge in [-0.2, -0.15) is 0 Å². The van der Waals surface area contributed by atoms with Gasteiger partial charge in [0.2, 0.25) is 0 Å². The van der Waals surface area contributed by atoms with Gasteiger partial charge in [-0.1, -0.05) is 12.8 Å². The molecule has 1 saturated carbocycles. The van der Waals surface area contributed by atoms with Crippen molar-refractivity contribution < 1.29 is 0 Å². The minimum absolute atomic E-state index is 0. The van der Waals surface area contributed by atoms with Crippen molar-refractivity contribution >= 4 is 12.4 Å². The zero-order chi connectivity index (χ0) is 9.26. The first-order valence-electron chi connectivity index (χ1n) is 5.74. The SMILES string of the molecule is CC(CC1CC1)N1CCNC[C@H]1C.Cl. The Morgan fingerprint density at radius 1 is 1.43 bits per heavy atom. The molecular weight excluding hydrogens is 196 g/mol. The maximum atomic E-state index is 3.45. The van der Waals surface area contributed by atoms with Gasteiger partial charge in [0.15, 0.2) is 0 Å². The molecular formula is C11H23ClN2. The Morgan fingerprint density at radius 2 is 2.14 bits per heavy atom. The molecule has 0 radical (unpaired) electrons. The van der Waals surface area contributed by atoms with Crippen LogP contribution in [0.4, 0.5) is 0 Å². The van der Waals surface area contributed by atoms with Crippen LogP contribution in [-0.2, 0) is 0 Å². The summed E-state index contributed by atoms with van der Waals surface area (Å²) in [6.45, 7) is 8.35. The maximum absolute atomic E-state index is 3.45. The second-order valence-corrected chi connectivity index (χ2v) is 4.82. The van der Waals surface area contributed by atoms with E-state index in [-0.39, 0.29) is 12.4 Å². The topological polar surface area (TPSA) is 15.3 Å². The van der Waals surface area contributed by atoms with Gasteiger partial charge in [0.05, 0.1) is 0 Å². The molecule has 0 amide bonds. The highest BCUT2D eigenvalue weighted by molar-refractivity contribution is 5.85. The number of rotatable bonds is 3. The average molecular weight is 219 g/mol. The van der Waals surface area contributed by atoms with Crippen LogP contribution in [-0.4, -0.2) is 36.6 Å². The predicted octanol–water partition coefficient (Wildman–Crippen LogP) is 1.89. The highest BCUT2D eigenvalue weighted by Gasteiger charge is 2.29. The van der Waals surface area contributed by atoms with Crippen molar-refractivity contribution in [1.82, 2.24) is 10.2 Å². The highest BCUT2D eigenvalue weighted by atomic mass is 35.5. The molecule has 2 aliphatic rings. The van der Waals surface area contributed by atoms with Gasteiger partial charge < -0.3 is 5.32 Å². The van der Waals surface area contributed by atoms with E-state index in [0.29, 0.717) is 0 Å². The third kappa shape index (κ3) is 3.11. The molecule has 0 aromatic rings. The number of hydrogen-bond donors (Lipinski definition) is 1. The lowest BCUT2D eigenvalue weighted by molar-refractivity contribution is 0.117. The van der Waals surface area contributed by atoms with Gasteiger partial charge in [-0.15, -0.1) is 12.4 Å². The average Bonchev–Trinajstić information content (AvgIpc) is 2.89. The molecule has 84 valence electrons. The smallest absolute Gasteiger partial charge is 0.0195 e. The van der Waals surface area contributed by atoms with Crippen LogP contribution in [0.2, 0.25) is 0 Å². The van der Waals surface area contributed by atoms with Crippen molar-refractivity contribution in [2.75, 3.05) is 19.6 Å². The molecule has 2 fully saturated rings. The third-order valence-electron chi connectivity index (χ3n) is 3.49. The first kappa shape index (κ1) is 12.3. The standard InChI is InChI=1S/C11H22N2.ClH/c1-9(7-11-3-4-11)13-6-5-12-8-10(13)2;/h9-12H,3-8H2,1-2H3;1H/t9?,10-;/m1./s1. The van der Waals surface area contributed by atoms with Crippen LogP contribution < -0.4 is 5.32 Å². The van der Waals surface area contributed by atoms with Crippen molar-refractivity contribution in [1.29, 1.82) is 0 Å². The summed E-state index contributed by atoms with van der Waals surface area (Å²) in [5.74, 6) is 1.07. The van der Waals surface area contributed by atoms with E-state index in [4.69, 9.17) is 0 Å². The Kier molecular flexibility index (Phi) is 4.68. The van der Waals surface area contributed by atoms with E-state index >= 15 is 0 Å². The minimum atomic E-state index is 0. The van der Waals surface area contributed by atoms with Crippen LogP contribution in [0.15, 0.2) is 0 Å². The first-order chi connectivity index (χ1) is 6.27. The zero-order valence-electron chi connectivity index (χ0n) is 9.33. The molecule has 2 rings (SSSR count). The molecule has 1 heterocycles. The fourth-order valence-corrected chi connectivity index (χ4v) is 2.48. The second-order valence-electron chi connectivity index (χ2n) is 4.82. The number of piperazine rings is 1. The summed E-state index contributed by atoms with van der Waals surface area (Å²) in [6.07, 6.45) is 4.42.